The molecule has 0 spiro atoms. The van der Waals surface area contributed by atoms with E-state index in [4.69, 9.17) is 0 Å². The van der Waals surface area contributed by atoms with Crippen molar-refractivity contribution in [3.63, 3.8) is 0 Å². The summed E-state index contributed by atoms with van der Waals surface area (Å²) in [6.45, 7) is 3.03. The number of carbonyl (C=O) groups is 2. The molecule has 5 nitrogen and oxygen atoms in total. The van der Waals surface area contributed by atoms with Gasteiger partial charge in [-0.3, -0.25) is 9.59 Å². The van der Waals surface area contributed by atoms with Crippen LogP contribution in [0.2, 0.25) is 0 Å². The molecule has 9 heteroatoms. The van der Waals surface area contributed by atoms with Crippen LogP contribution in [0.3, 0.4) is 0 Å². The molecule has 1 aliphatic rings. The van der Waals surface area contributed by atoms with Crippen LogP contribution < -0.4 is 0 Å². The van der Waals surface area contributed by atoms with Crippen LogP contribution in [0, 0.1) is 6.92 Å². The molecule has 2 amide bonds. The van der Waals surface area contributed by atoms with E-state index in [2.05, 4.69) is 4.98 Å². The first kappa shape index (κ1) is 18.4. The summed E-state index contributed by atoms with van der Waals surface area (Å²) in [6, 6.07) is 4.39. The van der Waals surface area contributed by atoms with Gasteiger partial charge in [-0.1, -0.05) is 6.07 Å². The van der Waals surface area contributed by atoms with Gasteiger partial charge in [0.05, 0.1) is 16.8 Å². The number of halogens is 3. The number of rotatable bonds is 2. The summed E-state index contributed by atoms with van der Waals surface area (Å²) in [5, 5.41) is 0.798. The molecular weight excluding hydrogens is 367 g/mol. The molecule has 1 fully saturated rings. The number of hydrogen-bond donors (Lipinski definition) is 0. The van der Waals surface area contributed by atoms with Crippen molar-refractivity contribution in [1.29, 1.82) is 0 Å². The maximum absolute atomic E-state index is 12.8. The molecule has 0 atom stereocenters. The van der Waals surface area contributed by atoms with Gasteiger partial charge in [0.2, 0.25) is 0 Å². The van der Waals surface area contributed by atoms with Crippen LogP contribution in [-0.2, 0) is 6.18 Å². The number of hydrogen-bond acceptors (Lipinski definition) is 4. The van der Waals surface area contributed by atoms with E-state index >= 15 is 0 Å². The molecule has 0 aliphatic carbocycles. The van der Waals surface area contributed by atoms with E-state index in [1.807, 2.05) is 6.92 Å². The van der Waals surface area contributed by atoms with Crippen LogP contribution >= 0.6 is 11.3 Å². The molecule has 26 heavy (non-hydrogen) atoms. The number of aryl methyl sites for hydroxylation is 1. The maximum Gasteiger partial charge on any atom is 0.416 e. The second-order valence-corrected chi connectivity index (χ2v) is 7.14. The third-order valence-electron chi connectivity index (χ3n) is 4.12. The van der Waals surface area contributed by atoms with Crippen molar-refractivity contribution in [2.24, 2.45) is 0 Å². The summed E-state index contributed by atoms with van der Waals surface area (Å²) in [5.41, 5.74) is -0.851. The summed E-state index contributed by atoms with van der Waals surface area (Å²) in [4.78, 5) is 32.6. The van der Waals surface area contributed by atoms with Crippen molar-refractivity contribution in [3.05, 3.63) is 51.5 Å². The Morgan fingerprint density at radius 1 is 1.08 bits per heavy atom. The topological polar surface area (TPSA) is 53.5 Å². The molecule has 1 aliphatic heterocycles. The second kappa shape index (κ2) is 7.06. The molecule has 0 bridgehead atoms. The Kier molecular flexibility index (Phi) is 4.99. The number of piperazine rings is 1. The zero-order valence-electron chi connectivity index (χ0n) is 13.9. The number of carbonyl (C=O) groups excluding carboxylic acids is 2. The Hall–Kier alpha value is -2.42. The zero-order valence-corrected chi connectivity index (χ0v) is 14.7. The summed E-state index contributed by atoms with van der Waals surface area (Å²) < 4.78 is 38.4. The Morgan fingerprint density at radius 3 is 2.23 bits per heavy atom. The molecule has 1 aromatic heterocycles. The van der Waals surface area contributed by atoms with Gasteiger partial charge in [0.1, 0.15) is 4.88 Å². The smallest absolute Gasteiger partial charge is 0.335 e. The number of nitrogens with zero attached hydrogens (tertiary/aromatic N) is 3. The predicted molar refractivity (Wildman–Crippen MR) is 90.1 cm³/mol. The summed E-state index contributed by atoms with van der Waals surface area (Å²) in [6.07, 6.45) is -2.96. The lowest BCUT2D eigenvalue weighted by Gasteiger charge is -2.34. The van der Waals surface area contributed by atoms with E-state index in [0.717, 1.165) is 17.1 Å². The Labute approximate surface area is 152 Å². The highest BCUT2D eigenvalue weighted by Gasteiger charge is 2.32. The van der Waals surface area contributed by atoms with Gasteiger partial charge < -0.3 is 9.80 Å². The average Bonchev–Trinajstić information content (AvgIpc) is 3.06. The van der Waals surface area contributed by atoms with Crippen LogP contribution in [0.5, 0.6) is 0 Å². The maximum atomic E-state index is 12.8. The van der Waals surface area contributed by atoms with Crippen LogP contribution in [0.4, 0.5) is 13.2 Å². The first-order chi connectivity index (χ1) is 12.3. The molecule has 1 aromatic carbocycles. The molecule has 0 saturated carbocycles. The van der Waals surface area contributed by atoms with E-state index in [1.165, 1.54) is 34.6 Å². The number of aromatic nitrogens is 1. The molecule has 0 radical (unpaired) electrons. The van der Waals surface area contributed by atoms with Gasteiger partial charge in [-0.15, -0.1) is 11.3 Å². The molecule has 0 N–H and O–H groups in total. The van der Waals surface area contributed by atoms with E-state index in [0.29, 0.717) is 18.0 Å². The summed E-state index contributed by atoms with van der Waals surface area (Å²) in [7, 11) is 0. The minimum atomic E-state index is -4.49. The van der Waals surface area contributed by atoms with Crippen molar-refractivity contribution < 1.29 is 22.8 Å². The van der Waals surface area contributed by atoms with Gasteiger partial charge >= 0.3 is 6.18 Å². The van der Waals surface area contributed by atoms with Gasteiger partial charge in [0.15, 0.2) is 0 Å². The number of amides is 2. The molecule has 0 unspecified atom stereocenters. The van der Waals surface area contributed by atoms with Gasteiger partial charge in [0, 0.05) is 31.7 Å². The first-order valence-corrected chi connectivity index (χ1v) is 8.75. The van der Waals surface area contributed by atoms with Crippen molar-refractivity contribution >= 4 is 23.2 Å². The van der Waals surface area contributed by atoms with Crippen molar-refractivity contribution in [2.45, 2.75) is 13.1 Å². The standard InChI is InChI=1S/C17H16F3N3O2S/c1-11-21-10-14(26-11)16(25)23-7-5-22(6-8-23)15(24)12-3-2-4-13(9-12)17(18,19)20/h2-4,9-10H,5-8H2,1H3. The highest BCUT2D eigenvalue weighted by atomic mass is 32.1. The van der Waals surface area contributed by atoms with Gasteiger partial charge in [-0.2, -0.15) is 13.2 Å². The minimum Gasteiger partial charge on any atom is -0.335 e. The SMILES string of the molecule is Cc1ncc(C(=O)N2CCN(C(=O)c3cccc(C(F)(F)F)c3)CC2)s1. The lowest BCUT2D eigenvalue weighted by molar-refractivity contribution is -0.137. The Bertz CT molecular complexity index is 827. The molecular formula is C17H16F3N3O2S. The molecule has 2 heterocycles. The second-order valence-electron chi connectivity index (χ2n) is 5.91. The lowest BCUT2D eigenvalue weighted by Crippen LogP contribution is -2.50. The largest absolute Gasteiger partial charge is 0.416 e. The normalized spacial score (nSPS) is 15.2. The van der Waals surface area contributed by atoms with Crippen molar-refractivity contribution in [1.82, 2.24) is 14.8 Å². The fourth-order valence-corrected chi connectivity index (χ4v) is 3.49. The fourth-order valence-electron chi connectivity index (χ4n) is 2.74. The molecule has 3 rings (SSSR count). The van der Waals surface area contributed by atoms with Crippen LogP contribution in [0.25, 0.3) is 0 Å². The van der Waals surface area contributed by atoms with Crippen molar-refractivity contribution in [3.8, 4) is 0 Å². The number of benzene rings is 1. The Morgan fingerprint density at radius 2 is 1.69 bits per heavy atom. The summed E-state index contributed by atoms with van der Waals surface area (Å²) in [5.74, 6) is -0.599. The third-order valence-corrected chi connectivity index (χ3v) is 5.02. The van der Waals surface area contributed by atoms with Gasteiger partial charge in [0.25, 0.3) is 11.8 Å². The lowest BCUT2D eigenvalue weighted by atomic mass is 10.1. The number of thiazole rings is 1. The summed E-state index contributed by atoms with van der Waals surface area (Å²) >= 11 is 1.31. The fraction of sp³-hybridized carbons (Fsp3) is 0.353. The zero-order chi connectivity index (χ0) is 18.9. The van der Waals surface area contributed by atoms with E-state index in [1.54, 1.807) is 4.90 Å². The quantitative estimate of drug-likeness (QED) is 0.801. The van der Waals surface area contributed by atoms with E-state index < -0.39 is 17.6 Å². The van der Waals surface area contributed by atoms with Crippen LogP contribution in [-0.4, -0.2) is 52.8 Å². The molecule has 138 valence electrons. The number of alkyl halides is 3. The van der Waals surface area contributed by atoms with E-state index in [-0.39, 0.29) is 24.6 Å². The van der Waals surface area contributed by atoms with E-state index in [9.17, 15) is 22.8 Å². The van der Waals surface area contributed by atoms with Gasteiger partial charge in [-0.05, 0) is 25.1 Å². The highest BCUT2D eigenvalue weighted by molar-refractivity contribution is 7.13. The molecule has 1 saturated heterocycles. The molecule has 2 aromatic rings. The highest BCUT2D eigenvalue weighted by Crippen LogP contribution is 2.29. The monoisotopic (exact) mass is 383 g/mol. The Balaban J connectivity index is 1.64. The average molecular weight is 383 g/mol. The van der Waals surface area contributed by atoms with Gasteiger partial charge in [-0.25, -0.2) is 4.98 Å². The van der Waals surface area contributed by atoms with Crippen LogP contribution in [0.15, 0.2) is 30.5 Å². The minimum absolute atomic E-state index is 0.00215. The van der Waals surface area contributed by atoms with Crippen molar-refractivity contribution in [2.75, 3.05) is 26.2 Å². The third kappa shape index (κ3) is 3.87. The predicted octanol–water partition coefficient (Wildman–Crippen LogP) is 3.07. The first-order valence-electron chi connectivity index (χ1n) is 7.94. The van der Waals surface area contributed by atoms with Crippen LogP contribution in [0.1, 0.15) is 30.6 Å².